The Morgan fingerprint density at radius 1 is 1.21 bits per heavy atom. The Kier molecular flexibility index (Phi) is 25.4. The van der Waals surface area contributed by atoms with Crippen molar-refractivity contribution in [2.24, 2.45) is 11.5 Å². The monoisotopic (exact) mass is 275 g/mol. The first-order chi connectivity index (χ1) is 6.54. The van der Waals surface area contributed by atoms with Gasteiger partial charge in [0.1, 0.15) is 0 Å². The van der Waals surface area contributed by atoms with E-state index in [0.29, 0.717) is 0 Å². The van der Waals surface area contributed by atoms with E-state index in [9.17, 15) is 14.7 Å². The van der Waals surface area contributed by atoms with Gasteiger partial charge in [0.15, 0.2) is 0 Å². The molecule has 0 saturated heterocycles. The third-order valence-corrected chi connectivity index (χ3v) is 0.707. The van der Waals surface area contributed by atoms with Crippen molar-refractivity contribution in [3.05, 3.63) is 0 Å². The van der Waals surface area contributed by atoms with E-state index < -0.39 is 11.9 Å². The quantitative estimate of drug-likeness (QED) is 0.519. The van der Waals surface area contributed by atoms with Crippen LogP contribution in [0.5, 0.6) is 0 Å². The van der Waals surface area contributed by atoms with Crippen LogP contribution in [0.2, 0.25) is 0 Å². The van der Waals surface area contributed by atoms with Crippen molar-refractivity contribution in [2.45, 2.75) is 12.8 Å². The molecule has 89 valence electrons. The average Bonchev–Trinajstić information content (AvgIpc) is 2.08. The van der Waals surface area contributed by atoms with E-state index in [-0.39, 0.29) is 25.9 Å². The molecule has 0 saturated carbocycles. The van der Waals surface area contributed by atoms with Gasteiger partial charge in [-0.25, -0.2) is 0 Å². The molecule has 0 amide bonds. The summed E-state index contributed by atoms with van der Waals surface area (Å²) in [7, 11) is 4.20. The summed E-state index contributed by atoms with van der Waals surface area (Å²) in [6.45, 7) is 0.400. The number of carbonyl (C=O) groups is 2. The summed E-state index contributed by atoms with van der Waals surface area (Å²) in [5.74, 6) is -1.92. The summed E-state index contributed by atoms with van der Waals surface area (Å²) in [6, 6.07) is 0. The van der Waals surface area contributed by atoms with Gasteiger partial charge in [0.25, 0.3) is 0 Å². The molecule has 0 rings (SSSR count). The van der Waals surface area contributed by atoms with Crippen molar-refractivity contribution in [1.82, 2.24) is 0 Å². The Bertz CT molecular complexity index is 132. The van der Waals surface area contributed by atoms with E-state index in [2.05, 4.69) is 25.2 Å². The molecule has 0 heterocycles. The van der Waals surface area contributed by atoms with Crippen LogP contribution >= 0.6 is 10.1 Å². The molecule has 0 fully saturated rings. The Morgan fingerprint density at radius 3 is 1.57 bits per heavy atom. The molecule has 0 aromatic heterocycles. The zero-order chi connectivity index (χ0) is 12.0. The van der Waals surface area contributed by atoms with Crippen LogP contribution in [0.3, 0.4) is 0 Å². The zero-order valence-electron chi connectivity index (χ0n) is 7.33. The van der Waals surface area contributed by atoms with Gasteiger partial charge >= 0.3 is 31.2 Å². The first-order valence-electron chi connectivity index (χ1n) is 3.47. The molecular weight excluding hydrogens is 263 g/mol. The van der Waals surface area contributed by atoms with E-state index in [0.717, 1.165) is 0 Å². The Balaban J connectivity index is -0.000000147. The Hall–Kier alpha value is -0.331. The van der Waals surface area contributed by atoms with Crippen LogP contribution < -0.4 is 16.6 Å². The van der Waals surface area contributed by atoms with Crippen LogP contribution in [0.1, 0.15) is 12.8 Å². The number of hydrogen-bond donors (Lipinski definition) is 3. The van der Waals surface area contributed by atoms with Gasteiger partial charge in [-0.1, -0.05) is 0 Å². The molecule has 0 radical (unpaired) electrons. The second kappa shape index (κ2) is 18.5. The number of carboxylic acid groups (broad SMARTS) is 2. The Morgan fingerprint density at radius 2 is 1.57 bits per heavy atom. The van der Waals surface area contributed by atoms with Crippen molar-refractivity contribution < 1.29 is 34.9 Å². The number of aliphatic carboxylic acids is 2. The molecule has 6 nitrogen and oxygen atoms in total. The number of rotatable bonds is 4. The van der Waals surface area contributed by atoms with Crippen molar-refractivity contribution in [2.75, 3.05) is 13.1 Å². The van der Waals surface area contributed by atoms with Gasteiger partial charge in [-0.2, -0.15) is 0 Å². The molecule has 0 aliphatic heterocycles. The summed E-state index contributed by atoms with van der Waals surface area (Å²) in [6.07, 6.45) is 0.0278. The summed E-state index contributed by atoms with van der Waals surface area (Å²) < 4.78 is 0. The second-order valence-electron chi connectivity index (χ2n) is 1.84. The van der Waals surface area contributed by atoms with Crippen LogP contribution in [-0.2, 0) is 24.7 Å². The molecule has 0 bridgehead atoms. The topological polar surface area (TPSA) is 129 Å². The van der Waals surface area contributed by atoms with Gasteiger partial charge in [0, 0.05) is 12.5 Å². The van der Waals surface area contributed by atoms with Crippen LogP contribution in [0, 0.1) is 0 Å². The van der Waals surface area contributed by atoms with Crippen molar-refractivity contribution >= 4 is 22.0 Å². The number of hydrogen-bond acceptors (Lipinski definition) is 5. The minimum absolute atomic E-state index is 0.0417. The van der Waals surface area contributed by atoms with E-state index in [1.165, 1.54) is 0 Å². The van der Waals surface area contributed by atoms with Crippen molar-refractivity contribution in [1.29, 1.82) is 0 Å². The van der Waals surface area contributed by atoms with Gasteiger partial charge in [-0.15, -0.1) is 0 Å². The summed E-state index contributed by atoms with van der Waals surface area (Å²) in [5, 5.41) is 17.2. The maximum atomic E-state index is 9.52. The van der Waals surface area contributed by atoms with Gasteiger partial charge in [-0.3, -0.25) is 4.79 Å². The van der Waals surface area contributed by atoms with E-state index in [4.69, 9.17) is 16.6 Å². The van der Waals surface area contributed by atoms with Crippen LogP contribution in [0.25, 0.3) is 0 Å². The molecule has 8 heteroatoms. The Labute approximate surface area is 94.6 Å². The second-order valence-corrected chi connectivity index (χ2v) is 1.84. The standard InChI is InChI=1S/2C3H7NO2.ClH.Cu/c2*4-2-1-3(5)6;;/h2*1-2,4H2,(H,5,6);1H;/q;;;+2/p-2. The minimum atomic E-state index is -1.09. The summed E-state index contributed by atoms with van der Waals surface area (Å²) in [4.78, 5) is 18.9. The fraction of sp³-hybridized carbons (Fsp3) is 0.667. The fourth-order valence-corrected chi connectivity index (χ4v) is 0.241. The number of carboxylic acids is 2. The third-order valence-electron chi connectivity index (χ3n) is 0.707. The van der Waals surface area contributed by atoms with Crippen molar-refractivity contribution in [3.63, 3.8) is 0 Å². The van der Waals surface area contributed by atoms with E-state index in [1.807, 2.05) is 0 Å². The van der Waals surface area contributed by atoms with Crippen LogP contribution in [0.4, 0.5) is 0 Å². The first-order valence-corrected chi connectivity index (χ1v) is 4.77. The number of halogens is 1. The maximum absolute atomic E-state index is 9.52. The van der Waals surface area contributed by atoms with Gasteiger partial charge in [0.2, 0.25) is 0 Å². The first kappa shape index (κ1) is 19.3. The van der Waals surface area contributed by atoms with Gasteiger partial charge in [0.05, 0.1) is 6.42 Å². The summed E-state index contributed by atoms with van der Waals surface area (Å²) in [5.41, 5.74) is 9.66. The van der Waals surface area contributed by atoms with E-state index >= 15 is 0 Å². The normalized spacial score (nSPS) is 7.50. The fourth-order valence-electron chi connectivity index (χ4n) is 0.241. The molecule has 0 spiro atoms. The van der Waals surface area contributed by atoms with Crippen LogP contribution in [0.15, 0.2) is 0 Å². The van der Waals surface area contributed by atoms with Gasteiger partial charge < -0.3 is 26.5 Å². The SMILES string of the molecule is NCCC(=O)O.NCCC(=O)[O-].[Cl][Cu+]. The molecule has 5 N–H and O–H groups in total. The number of carbonyl (C=O) groups excluding carboxylic acids is 1. The molecule has 0 aliphatic carbocycles. The number of nitrogens with two attached hydrogens (primary N) is 2. The molecule has 0 aliphatic rings. The third kappa shape index (κ3) is 41.3. The molecule has 0 aromatic rings. The molecule has 14 heavy (non-hydrogen) atoms. The summed E-state index contributed by atoms with van der Waals surface area (Å²) >= 11 is 3.66. The predicted octanol–water partition coefficient (Wildman–Crippen LogP) is -1.81. The average molecular weight is 276 g/mol. The predicted molar refractivity (Wildman–Crippen MR) is 45.8 cm³/mol. The van der Waals surface area contributed by atoms with Crippen molar-refractivity contribution in [3.8, 4) is 0 Å². The van der Waals surface area contributed by atoms with Gasteiger partial charge in [-0.05, 0) is 13.0 Å². The molecule has 0 atom stereocenters. The molecule has 0 aromatic carbocycles. The van der Waals surface area contributed by atoms with Crippen LogP contribution in [-0.4, -0.2) is 30.1 Å². The zero-order valence-corrected chi connectivity index (χ0v) is 9.03. The molecular formula is C6H13ClCuN2O4. The van der Waals surface area contributed by atoms with E-state index in [1.54, 1.807) is 0 Å². The molecule has 0 unspecified atom stereocenters.